The fraction of sp³-hybridized carbons (Fsp3) is 0.689. The van der Waals surface area contributed by atoms with E-state index in [1.165, 1.54) is 38.5 Å². The van der Waals surface area contributed by atoms with Gasteiger partial charge in [0.2, 0.25) is 0 Å². The van der Waals surface area contributed by atoms with Crippen molar-refractivity contribution < 1.29 is 34.1 Å². The van der Waals surface area contributed by atoms with Crippen molar-refractivity contribution in [2.45, 2.75) is 151 Å². The standard InChI is InChI=1S/C24H35N3O3S.C21H31N3O4S/c1-2-15-31-22-19(21(28)25-18-8-4-3-5-9-18)10-11-20(26-22)27-14-6-7-17(16-27)24(12-13-24)23(29)30;1-2-12-29-21-17(20(27)22-15-6-4-3-5-7-15)8-9-18(23-21)24-11-10-16(13-24)28-14-19(25)26/h10-11,17-18H,2-9,12-16H2,1H3,(H,25,28)(H,29,30);8-9,15-16H,2-7,10-14H2,1H3,(H,22,27)(H,25,26). The number of pyridine rings is 2. The van der Waals surface area contributed by atoms with Crippen molar-refractivity contribution in [2.75, 3.05) is 54.1 Å². The van der Waals surface area contributed by atoms with Crippen molar-refractivity contribution in [3.63, 3.8) is 0 Å². The van der Waals surface area contributed by atoms with Crippen LogP contribution in [0.2, 0.25) is 0 Å². The van der Waals surface area contributed by atoms with Crippen LogP contribution in [0.15, 0.2) is 34.3 Å². The first-order valence-electron chi connectivity index (χ1n) is 22.6. The first-order valence-corrected chi connectivity index (χ1v) is 24.5. The van der Waals surface area contributed by atoms with Gasteiger partial charge in [-0.25, -0.2) is 14.8 Å². The number of rotatable bonds is 17. The number of carbonyl (C=O) groups excluding carboxylic acids is 2. The summed E-state index contributed by atoms with van der Waals surface area (Å²) < 4.78 is 5.42. The summed E-state index contributed by atoms with van der Waals surface area (Å²) in [7, 11) is 0. The molecule has 5 fully saturated rings. The number of ether oxygens (including phenoxy) is 1. The molecule has 2 aromatic heterocycles. The molecule has 3 saturated carbocycles. The van der Waals surface area contributed by atoms with Crippen molar-refractivity contribution in [1.29, 1.82) is 0 Å². The van der Waals surface area contributed by atoms with Crippen molar-refractivity contribution in [3.05, 3.63) is 35.4 Å². The lowest BCUT2D eigenvalue weighted by atomic mass is 9.82. The molecule has 2 aromatic rings. The van der Waals surface area contributed by atoms with Crippen LogP contribution in [0.1, 0.15) is 144 Å². The monoisotopic (exact) mass is 866 g/mol. The van der Waals surface area contributed by atoms with Gasteiger partial charge in [-0.3, -0.25) is 14.4 Å². The van der Waals surface area contributed by atoms with Crippen LogP contribution in [0, 0.1) is 11.3 Å². The molecule has 3 aliphatic carbocycles. The number of hydrogen-bond acceptors (Lipinski definition) is 11. The Hall–Kier alpha value is -3.56. The minimum Gasteiger partial charge on any atom is -0.481 e. The van der Waals surface area contributed by atoms with Crippen LogP contribution in [0.5, 0.6) is 0 Å². The zero-order valence-corrected chi connectivity index (χ0v) is 37.3. The number of carboxylic acids is 2. The van der Waals surface area contributed by atoms with Crippen LogP contribution in [0.3, 0.4) is 0 Å². The summed E-state index contributed by atoms with van der Waals surface area (Å²) in [4.78, 5) is 62.4. The number of thioether (sulfide) groups is 2. The molecule has 60 heavy (non-hydrogen) atoms. The average Bonchev–Trinajstić information content (AvgIpc) is 3.96. The Morgan fingerprint density at radius 2 is 1.22 bits per heavy atom. The molecule has 13 nitrogen and oxygen atoms in total. The van der Waals surface area contributed by atoms with Crippen molar-refractivity contribution in [3.8, 4) is 0 Å². The summed E-state index contributed by atoms with van der Waals surface area (Å²) in [6.07, 6.45) is 17.8. The van der Waals surface area contributed by atoms with Crippen molar-refractivity contribution in [2.24, 2.45) is 11.3 Å². The molecule has 7 rings (SSSR count). The number of carboxylic acid groups (broad SMARTS) is 2. The van der Waals surface area contributed by atoms with Gasteiger partial charge in [-0.05, 0) is 112 Å². The lowest BCUT2D eigenvalue weighted by Gasteiger charge is -2.36. The van der Waals surface area contributed by atoms with Crippen LogP contribution in [-0.4, -0.2) is 106 Å². The fourth-order valence-corrected chi connectivity index (χ4v) is 10.8. The summed E-state index contributed by atoms with van der Waals surface area (Å²) in [5.74, 6) is 2.08. The lowest BCUT2D eigenvalue weighted by molar-refractivity contribution is -0.146. The summed E-state index contributed by atoms with van der Waals surface area (Å²) in [6.45, 7) is 6.99. The average molecular weight is 867 g/mol. The topological polar surface area (TPSA) is 174 Å². The maximum atomic E-state index is 13.0. The number of piperidine rings is 1. The molecule has 0 bridgehead atoms. The second-order valence-electron chi connectivity index (χ2n) is 17.2. The molecule has 0 aromatic carbocycles. The van der Waals surface area contributed by atoms with Gasteiger partial charge in [0, 0.05) is 38.3 Å². The molecule has 2 atom stereocenters. The van der Waals surface area contributed by atoms with Crippen molar-refractivity contribution in [1.82, 2.24) is 20.6 Å². The van der Waals surface area contributed by atoms with Crippen LogP contribution in [-0.2, 0) is 14.3 Å². The Kier molecular flexibility index (Phi) is 17.2. The molecule has 4 heterocycles. The van der Waals surface area contributed by atoms with Crippen LogP contribution in [0.4, 0.5) is 11.6 Å². The second-order valence-corrected chi connectivity index (χ2v) is 19.3. The van der Waals surface area contributed by atoms with Gasteiger partial charge < -0.3 is 35.4 Å². The predicted octanol–water partition coefficient (Wildman–Crippen LogP) is 8.05. The lowest BCUT2D eigenvalue weighted by Crippen LogP contribution is -2.42. The van der Waals surface area contributed by atoms with E-state index >= 15 is 0 Å². The highest BCUT2D eigenvalue weighted by molar-refractivity contribution is 7.99. The summed E-state index contributed by atoms with van der Waals surface area (Å²) in [5.41, 5.74) is 0.805. The SMILES string of the molecule is CCCSc1nc(N2CCC(OCC(=O)O)C2)ccc1C(=O)NC1CCCCC1.CCCSc1nc(N2CCCC(C3(C(=O)O)CC3)C2)ccc1C(=O)NC1CCCCC1. The number of amides is 2. The molecule has 330 valence electrons. The molecule has 2 amide bonds. The summed E-state index contributed by atoms with van der Waals surface area (Å²) in [5, 5.41) is 26.5. The Morgan fingerprint density at radius 3 is 1.68 bits per heavy atom. The van der Waals surface area contributed by atoms with E-state index in [2.05, 4.69) is 34.3 Å². The normalized spacial score (nSPS) is 21.8. The van der Waals surface area contributed by atoms with Gasteiger partial charge in [-0.2, -0.15) is 0 Å². The van der Waals surface area contributed by atoms with E-state index in [-0.39, 0.29) is 42.5 Å². The summed E-state index contributed by atoms with van der Waals surface area (Å²) in [6, 6.07) is 8.19. The molecular weight excluding hydrogens is 801 g/mol. The molecule has 2 unspecified atom stereocenters. The van der Waals surface area contributed by atoms with E-state index in [4.69, 9.17) is 19.8 Å². The quantitative estimate of drug-likeness (QED) is 0.113. The van der Waals surface area contributed by atoms with Crippen molar-refractivity contribution >= 4 is 58.9 Å². The minimum absolute atomic E-state index is 0.0103. The molecule has 2 saturated heterocycles. The number of nitrogens with zero attached hydrogens (tertiary/aromatic N) is 4. The Balaban J connectivity index is 0.000000202. The van der Waals surface area contributed by atoms with Gasteiger partial charge in [-0.15, -0.1) is 23.5 Å². The third kappa shape index (κ3) is 12.5. The van der Waals surface area contributed by atoms with Crippen LogP contribution >= 0.6 is 23.5 Å². The van der Waals surface area contributed by atoms with Gasteiger partial charge in [0.15, 0.2) is 0 Å². The molecule has 0 radical (unpaired) electrons. The van der Waals surface area contributed by atoms with E-state index in [0.717, 1.165) is 123 Å². The van der Waals surface area contributed by atoms with Gasteiger partial charge in [0.05, 0.1) is 22.6 Å². The Morgan fingerprint density at radius 1 is 0.700 bits per heavy atom. The maximum Gasteiger partial charge on any atom is 0.329 e. The van der Waals surface area contributed by atoms with E-state index < -0.39 is 17.4 Å². The highest BCUT2D eigenvalue weighted by Gasteiger charge is 2.56. The van der Waals surface area contributed by atoms with E-state index in [0.29, 0.717) is 17.7 Å². The third-order valence-corrected chi connectivity index (χ3v) is 15.0. The third-order valence-electron chi connectivity index (χ3n) is 12.6. The van der Waals surface area contributed by atoms with Gasteiger partial charge >= 0.3 is 11.9 Å². The maximum absolute atomic E-state index is 13.0. The largest absolute Gasteiger partial charge is 0.481 e. The highest BCUT2D eigenvalue weighted by Crippen LogP contribution is 2.55. The highest BCUT2D eigenvalue weighted by atomic mass is 32.2. The molecule has 2 aliphatic heterocycles. The number of nitrogens with one attached hydrogen (secondary N) is 2. The van der Waals surface area contributed by atoms with Crippen LogP contribution in [0.25, 0.3) is 0 Å². The first kappa shape index (κ1) is 46.0. The number of aliphatic carboxylic acids is 2. The number of aromatic nitrogens is 2. The van der Waals surface area contributed by atoms with E-state index in [1.807, 2.05) is 24.3 Å². The van der Waals surface area contributed by atoms with Gasteiger partial charge in [0.1, 0.15) is 28.3 Å². The second kappa shape index (κ2) is 22.5. The predicted molar refractivity (Wildman–Crippen MR) is 238 cm³/mol. The zero-order chi connectivity index (χ0) is 42.5. The Labute approximate surface area is 364 Å². The summed E-state index contributed by atoms with van der Waals surface area (Å²) >= 11 is 3.26. The molecule has 4 N–H and O–H groups in total. The minimum atomic E-state index is -0.951. The van der Waals surface area contributed by atoms with E-state index in [1.54, 1.807) is 23.5 Å². The number of hydrogen-bond donors (Lipinski definition) is 4. The molecule has 0 spiro atoms. The molecular formula is C45H66N6O7S2. The van der Waals surface area contributed by atoms with Crippen LogP contribution < -0.4 is 20.4 Å². The fourth-order valence-electron chi connectivity index (χ4n) is 9.03. The molecule has 15 heteroatoms. The zero-order valence-electron chi connectivity index (χ0n) is 35.6. The van der Waals surface area contributed by atoms with Gasteiger partial charge in [-0.1, -0.05) is 52.4 Å². The first-order chi connectivity index (χ1) is 29.1. The number of anilines is 2. The van der Waals surface area contributed by atoms with E-state index in [9.17, 15) is 24.3 Å². The number of carbonyl (C=O) groups is 4. The smallest absolute Gasteiger partial charge is 0.329 e. The van der Waals surface area contributed by atoms with Gasteiger partial charge in [0.25, 0.3) is 11.8 Å². The Bertz CT molecular complexity index is 1770. The molecule has 5 aliphatic rings.